The molecule has 2 aliphatic rings. The van der Waals surface area contributed by atoms with E-state index in [0.29, 0.717) is 12.3 Å². The Hall–Kier alpha value is -1.15. The lowest BCUT2D eigenvalue weighted by Crippen LogP contribution is -2.33. The largest absolute Gasteiger partial charge is 0.295 e. The smallest absolute Gasteiger partial charge is 0.177 e. The summed E-state index contributed by atoms with van der Waals surface area (Å²) in [5.41, 5.74) is 4.55. The number of carbonyl (C=O) groups excluding carboxylic acids is 1. The number of carbonyl (C=O) groups is 1. The number of hydrogen-bond acceptors (Lipinski definition) is 2. The monoisotopic (exact) mass is 285 g/mol. The molecule has 21 heavy (non-hydrogen) atoms. The fourth-order valence-corrected chi connectivity index (χ4v) is 3.08. The maximum Gasteiger partial charge on any atom is 0.177 e. The van der Waals surface area contributed by atoms with Crippen molar-refractivity contribution in [2.45, 2.75) is 46.5 Å². The Bertz CT molecular complexity index is 527. The average Bonchev–Trinajstić information content (AvgIpc) is 3.30. The van der Waals surface area contributed by atoms with Gasteiger partial charge in [0.15, 0.2) is 5.78 Å². The molecule has 1 aromatic carbocycles. The number of Topliss-reactive ketones (excluding diaryl/α,β-unsaturated/α-hetero) is 1. The van der Waals surface area contributed by atoms with Gasteiger partial charge in [-0.15, -0.1) is 0 Å². The zero-order valence-electron chi connectivity index (χ0n) is 13.6. The molecule has 1 aromatic rings. The maximum atomic E-state index is 12.7. The standard InChI is InChI=1S/C19H27NO/c1-13-8-15(3)18(9-14(13)2)19(21)12-20(10-16-4-5-16)11-17-6-7-17/h8-9,16-17H,4-7,10-12H2,1-3H3. The summed E-state index contributed by atoms with van der Waals surface area (Å²) < 4.78 is 0. The van der Waals surface area contributed by atoms with Crippen LogP contribution in [0.1, 0.15) is 52.7 Å². The molecular weight excluding hydrogens is 258 g/mol. The van der Waals surface area contributed by atoms with Gasteiger partial charge in [-0.1, -0.05) is 6.07 Å². The van der Waals surface area contributed by atoms with E-state index in [4.69, 9.17) is 0 Å². The van der Waals surface area contributed by atoms with Crippen molar-refractivity contribution in [3.8, 4) is 0 Å². The maximum absolute atomic E-state index is 12.7. The highest BCUT2D eigenvalue weighted by molar-refractivity contribution is 5.99. The summed E-state index contributed by atoms with van der Waals surface area (Å²) in [5.74, 6) is 2.02. The summed E-state index contributed by atoms with van der Waals surface area (Å²) in [5, 5.41) is 0. The molecular formula is C19H27NO. The fraction of sp³-hybridized carbons (Fsp3) is 0.632. The highest BCUT2D eigenvalue weighted by atomic mass is 16.1. The Kier molecular flexibility index (Phi) is 4.17. The molecule has 3 rings (SSSR count). The summed E-state index contributed by atoms with van der Waals surface area (Å²) in [6, 6.07) is 4.23. The number of ketones is 1. The van der Waals surface area contributed by atoms with E-state index in [1.54, 1.807) is 0 Å². The molecule has 0 radical (unpaired) electrons. The van der Waals surface area contributed by atoms with Crippen LogP contribution in [0.4, 0.5) is 0 Å². The van der Waals surface area contributed by atoms with Gasteiger partial charge in [0.2, 0.25) is 0 Å². The van der Waals surface area contributed by atoms with E-state index < -0.39 is 0 Å². The van der Waals surface area contributed by atoms with Gasteiger partial charge in [0.25, 0.3) is 0 Å². The second-order valence-electron chi connectivity index (χ2n) is 7.26. The van der Waals surface area contributed by atoms with E-state index >= 15 is 0 Å². The molecule has 0 spiro atoms. The van der Waals surface area contributed by atoms with Gasteiger partial charge < -0.3 is 0 Å². The molecule has 2 nitrogen and oxygen atoms in total. The van der Waals surface area contributed by atoms with E-state index in [2.05, 4.69) is 37.8 Å². The topological polar surface area (TPSA) is 20.3 Å². The van der Waals surface area contributed by atoms with Gasteiger partial charge in [-0.3, -0.25) is 9.69 Å². The summed E-state index contributed by atoms with van der Waals surface area (Å²) >= 11 is 0. The fourth-order valence-electron chi connectivity index (χ4n) is 3.08. The van der Waals surface area contributed by atoms with Crippen LogP contribution >= 0.6 is 0 Å². The first-order valence-electron chi connectivity index (χ1n) is 8.36. The molecule has 2 heteroatoms. The first kappa shape index (κ1) is 14.8. The molecule has 2 fully saturated rings. The molecule has 0 saturated heterocycles. The molecule has 0 N–H and O–H groups in total. The van der Waals surface area contributed by atoms with Crippen LogP contribution in [-0.4, -0.2) is 30.3 Å². The molecule has 0 bridgehead atoms. The lowest BCUT2D eigenvalue weighted by atomic mass is 9.98. The minimum absolute atomic E-state index is 0.303. The van der Waals surface area contributed by atoms with Crippen molar-refractivity contribution in [3.63, 3.8) is 0 Å². The third kappa shape index (κ3) is 3.94. The van der Waals surface area contributed by atoms with Crippen LogP contribution in [0.15, 0.2) is 12.1 Å². The predicted molar refractivity (Wildman–Crippen MR) is 86.9 cm³/mol. The number of benzene rings is 1. The zero-order chi connectivity index (χ0) is 15.0. The van der Waals surface area contributed by atoms with Crippen LogP contribution in [0.3, 0.4) is 0 Å². The average molecular weight is 285 g/mol. The van der Waals surface area contributed by atoms with Gasteiger partial charge in [0.1, 0.15) is 0 Å². The van der Waals surface area contributed by atoms with Crippen LogP contribution in [0.25, 0.3) is 0 Å². The molecule has 0 aliphatic heterocycles. The van der Waals surface area contributed by atoms with Gasteiger partial charge in [-0.25, -0.2) is 0 Å². The van der Waals surface area contributed by atoms with Gasteiger partial charge in [-0.05, 0) is 81.0 Å². The quantitative estimate of drug-likeness (QED) is 0.708. The van der Waals surface area contributed by atoms with Gasteiger partial charge in [-0.2, -0.15) is 0 Å². The van der Waals surface area contributed by atoms with Crippen molar-refractivity contribution in [1.82, 2.24) is 4.90 Å². The Balaban J connectivity index is 1.68. The van der Waals surface area contributed by atoms with Crippen molar-refractivity contribution < 1.29 is 4.79 Å². The van der Waals surface area contributed by atoms with Crippen molar-refractivity contribution in [1.29, 1.82) is 0 Å². The summed E-state index contributed by atoms with van der Waals surface area (Å²) in [4.78, 5) is 15.1. The molecule has 2 aliphatic carbocycles. The normalized spacial score (nSPS) is 18.3. The molecule has 0 unspecified atom stereocenters. The van der Waals surface area contributed by atoms with E-state index in [1.165, 1.54) is 36.8 Å². The van der Waals surface area contributed by atoms with Crippen LogP contribution in [0.5, 0.6) is 0 Å². The Labute approximate surface area is 128 Å². The predicted octanol–water partition coefficient (Wildman–Crippen LogP) is 3.92. The summed E-state index contributed by atoms with van der Waals surface area (Å²) in [7, 11) is 0. The van der Waals surface area contributed by atoms with Gasteiger partial charge in [0.05, 0.1) is 6.54 Å². The van der Waals surface area contributed by atoms with Crippen LogP contribution < -0.4 is 0 Å². The molecule has 0 atom stereocenters. The molecule has 0 heterocycles. The lowest BCUT2D eigenvalue weighted by Gasteiger charge is -2.22. The molecule has 114 valence electrons. The van der Waals surface area contributed by atoms with Crippen LogP contribution in [0, 0.1) is 32.6 Å². The van der Waals surface area contributed by atoms with E-state index in [9.17, 15) is 4.79 Å². The SMILES string of the molecule is Cc1cc(C)c(C(=O)CN(CC2CC2)CC2CC2)cc1C. The Morgan fingerprint density at radius 1 is 0.952 bits per heavy atom. The van der Waals surface area contributed by atoms with E-state index in [-0.39, 0.29) is 0 Å². The molecule has 0 aromatic heterocycles. The summed E-state index contributed by atoms with van der Waals surface area (Å²) in [6.45, 7) is 9.14. The Morgan fingerprint density at radius 3 is 2.00 bits per heavy atom. The zero-order valence-corrected chi connectivity index (χ0v) is 13.6. The highest BCUT2D eigenvalue weighted by Crippen LogP contribution is 2.33. The minimum atomic E-state index is 0.303. The Morgan fingerprint density at radius 2 is 1.48 bits per heavy atom. The lowest BCUT2D eigenvalue weighted by molar-refractivity contribution is 0.0923. The van der Waals surface area contributed by atoms with Crippen molar-refractivity contribution in [3.05, 3.63) is 34.4 Å². The molecule has 0 amide bonds. The van der Waals surface area contributed by atoms with Gasteiger partial charge >= 0.3 is 0 Å². The third-order valence-electron chi connectivity index (χ3n) is 4.93. The van der Waals surface area contributed by atoms with E-state index in [0.717, 1.165) is 36.1 Å². The number of hydrogen-bond donors (Lipinski definition) is 0. The number of nitrogens with zero attached hydrogens (tertiary/aromatic N) is 1. The molecule has 2 saturated carbocycles. The van der Waals surface area contributed by atoms with Crippen LogP contribution in [-0.2, 0) is 0 Å². The first-order valence-corrected chi connectivity index (χ1v) is 8.36. The second kappa shape index (κ2) is 5.92. The number of rotatable bonds is 7. The van der Waals surface area contributed by atoms with Crippen molar-refractivity contribution in [2.75, 3.05) is 19.6 Å². The number of aryl methyl sites for hydroxylation is 3. The van der Waals surface area contributed by atoms with E-state index in [1.807, 2.05) is 0 Å². The first-order chi connectivity index (χ1) is 10.0. The van der Waals surface area contributed by atoms with Crippen LogP contribution in [0.2, 0.25) is 0 Å². The van der Waals surface area contributed by atoms with Gasteiger partial charge in [0, 0.05) is 18.7 Å². The highest BCUT2D eigenvalue weighted by Gasteiger charge is 2.30. The second-order valence-corrected chi connectivity index (χ2v) is 7.26. The third-order valence-corrected chi connectivity index (χ3v) is 4.93. The summed E-state index contributed by atoms with van der Waals surface area (Å²) in [6.07, 6.45) is 5.44. The van der Waals surface area contributed by atoms with Crippen molar-refractivity contribution in [2.24, 2.45) is 11.8 Å². The van der Waals surface area contributed by atoms with Crippen molar-refractivity contribution >= 4 is 5.78 Å². The minimum Gasteiger partial charge on any atom is -0.295 e.